The van der Waals surface area contributed by atoms with Gasteiger partial charge in [-0.2, -0.15) is 0 Å². The highest BCUT2D eigenvalue weighted by molar-refractivity contribution is 5.90. The molecule has 0 aliphatic rings. The second kappa shape index (κ2) is 6.13. The third kappa shape index (κ3) is 3.85. The normalized spacial score (nSPS) is 10.2. The lowest BCUT2D eigenvalue weighted by Crippen LogP contribution is -2.08. The summed E-state index contributed by atoms with van der Waals surface area (Å²) in [5.41, 5.74) is 2.50. The lowest BCUT2D eigenvalue weighted by Gasteiger charge is -2.10. The van der Waals surface area contributed by atoms with Crippen molar-refractivity contribution in [1.29, 1.82) is 0 Å². The summed E-state index contributed by atoms with van der Waals surface area (Å²) in [6, 6.07) is 8.61. The number of furan rings is 1. The van der Waals surface area contributed by atoms with Gasteiger partial charge in [0, 0.05) is 18.3 Å². The zero-order chi connectivity index (χ0) is 15.4. The fraction of sp³-hybridized carbons (Fsp3) is 0.200. The molecule has 6 nitrogen and oxygen atoms in total. The molecule has 0 saturated carbocycles. The largest absolute Gasteiger partial charge is 0.475 e. The second-order valence-electron chi connectivity index (χ2n) is 4.64. The SMILES string of the molecule is CC(=O)Nc1cc(NCc2ccc(C(=O)O)o2)ccc1C. The maximum atomic E-state index is 11.1. The zero-order valence-corrected chi connectivity index (χ0v) is 11.8. The maximum absolute atomic E-state index is 11.1. The third-order valence-electron chi connectivity index (χ3n) is 2.89. The fourth-order valence-electron chi connectivity index (χ4n) is 1.83. The molecule has 0 unspecified atom stereocenters. The summed E-state index contributed by atoms with van der Waals surface area (Å²) in [4.78, 5) is 21.8. The average Bonchev–Trinajstić information content (AvgIpc) is 2.88. The third-order valence-corrected chi connectivity index (χ3v) is 2.89. The van der Waals surface area contributed by atoms with Crippen LogP contribution in [0.1, 0.15) is 28.8 Å². The molecule has 1 aromatic carbocycles. The number of amides is 1. The van der Waals surface area contributed by atoms with E-state index in [4.69, 9.17) is 9.52 Å². The van der Waals surface area contributed by atoms with Crippen LogP contribution in [0, 0.1) is 6.92 Å². The molecule has 0 atom stereocenters. The quantitative estimate of drug-likeness (QED) is 0.787. The molecule has 21 heavy (non-hydrogen) atoms. The number of aromatic carboxylic acids is 1. The van der Waals surface area contributed by atoms with Gasteiger partial charge in [0.1, 0.15) is 5.76 Å². The Labute approximate surface area is 121 Å². The van der Waals surface area contributed by atoms with Gasteiger partial charge in [0.2, 0.25) is 11.7 Å². The van der Waals surface area contributed by atoms with E-state index in [9.17, 15) is 9.59 Å². The molecule has 0 aliphatic heterocycles. The van der Waals surface area contributed by atoms with Crippen molar-refractivity contribution >= 4 is 23.3 Å². The lowest BCUT2D eigenvalue weighted by atomic mass is 10.1. The Kier molecular flexibility index (Phi) is 4.27. The van der Waals surface area contributed by atoms with Crippen molar-refractivity contribution in [3.05, 3.63) is 47.4 Å². The van der Waals surface area contributed by atoms with Gasteiger partial charge in [-0.15, -0.1) is 0 Å². The summed E-state index contributed by atoms with van der Waals surface area (Å²) >= 11 is 0. The Bertz CT molecular complexity index is 676. The van der Waals surface area contributed by atoms with Crippen molar-refractivity contribution in [2.75, 3.05) is 10.6 Å². The summed E-state index contributed by atoms with van der Waals surface area (Å²) in [5.74, 6) is -0.791. The van der Waals surface area contributed by atoms with Crippen LogP contribution in [0.2, 0.25) is 0 Å². The molecule has 0 spiro atoms. The zero-order valence-electron chi connectivity index (χ0n) is 11.8. The van der Waals surface area contributed by atoms with E-state index in [0.717, 1.165) is 16.9 Å². The topological polar surface area (TPSA) is 91.6 Å². The van der Waals surface area contributed by atoms with Crippen LogP contribution in [-0.4, -0.2) is 17.0 Å². The van der Waals surface area contributed by atoms with Crippen LogP contribution >= 0.6 is 0 Å². The monoisotopic (exact) mass is 288 g/mol. The summed E-state index contributed by atoms with van der Waals surface area (Å²) in [6.07, 6.45) is 0. The Hall–Kier alpha value is -2.76. The number of rotatable bonds is 5. The molecule has 3 N–H and O–H groups in total. The number of carbonyl (C=O) groups is 2. The number of hydrogen-bond donors (Lipinski definition) is 3. The first-order valence-electron chi connectivity index (χ1n) is 6.40. The van der Waals surface area contributed by atoms with Gasteiger partial charge < -0.3 is 20.2 Å². The molecular formula is C15H16N2O4. The molecule has 0 bridgehead atoms. The van der Waals surface area contributed by atoms with Gasteiger partial charge in [-0.05, 0) is 36.8 Å². The van der Waals surface area contributed by atoms with Gasteiger partial charge in [-0.1, -0.05) is 6.07 Å². The lowest BCUT2D eigenvalue weighted by molar-refractivity contribution is -0.114. The number of carbonyl (C=O) groups excluding carboxylic acids is 1. The van der Waals surface area contributed by atoms with Gasteiger partial charge in [-0.3, -0.25) is 4.79 Å². The van der Waals surface area contributed by atoms with Crippen LogP contribution in [0.15, 0.2) is 34.7 Å². The number of hydrogen-bond acceptors (Lipinski definition) is 4. The first kappa shape index (κ1) is 14.6. The van der Waals surface area contributed by atoms with E-state index in [0.29, 0.717) is 12.3 Å². The smallest absolute Gasteiger partial charge is 0.371 e. The maximum Gasteiger partial charge on any atom is 0.371 e. The highest BCUT2D eigenvalue weighted by Gasteiger charge is 2.09. The van der Waals surface area contributed by atoms with Crippen LogP contribution in [0.5, 0.6) is 0 Å². The van der Waals surface area contributed by atoms with E-state index in [1.54, 1.807) is 6.07 Å². The molecule has 0 fully saturated rings. The Morgan fingerprint density at radius 3 is 2.62 bits per heavy atom. The minimum absolute atomic E-state index is 0.0883. The van der Waals surface area contributed by atoms with E-state index >= 15 is 0 Å². The Morgan fingerprint density at radius 2 is 2.00 bits per heavy atom. The molecule has 1 aromatic heterocycles. The molecule has 6 heteroatoms. The van der Waals surface area contributed by atoms with Crippen LogP contribution in [0.3, 0.4) is 0 Å². The standard InChI is InChI=1S/C15H16N2O4/c1-9-3-4-11(7-13(9)17-10(2)18)16-8-12-5-6-14(21-12)15(19)20/h3-7,16H,8H2,1-2H3,(H,17,18)(H,19,20). The minimum Gasteiger partial charge on any atom is -0.475 e. The van der Waals surface area contributed by atoms with Crippen LogP contribution < -0.4 is 10.6 Å². The first-order valence-corrected chi connectivity index (χ1v) is 6.40. The Balaban J connectivity index is 2.05. The fourth-order valence-corrected chi connectivity index (χ4v) is 1.83. The van der Waals surface area contributed by atoms with Crippen LogP contribution in [0.4, 0.5) is 11.4 Å². The molecule has 2 rings (SSSR count). The number of anilines is 2. The van der Waals surface area contributed by atoms with E-state index in [2.05, 4.69) is 10.6 Å². The molecular weight excluding hydrogens is 272 g/mol. The second-order valence-corrected chi connectivity index (χ2v) is 4.64. The van der Waals surface area contributed by atoms with Crippen LogP contribution in [0.25, 0.3) is 0 Å². The first-order chi connectivity index (χ1) is 9.95. The Morgan fingerprint density at radius 1 is 1.24 bits per heavy atom. The van der Waals surface area contributed by atoms with Gasteiger partial charge in [0.05, 0.1) is 6.54 Å². The number of benzene rings is 1. The number of aryl methyl sites for hydroxylation is 1. The van der Waals surface area contributed by atoms with E-state index in [-0.39, 0.29) is 11.7 Å². The predicted octanol–water partition coefficient (Wildman–Crippen LogP) is 2.86. The molecule has 1 amide bonds. The van der Waals surface area contributed by atoms with Gasteiger partial charge in [0.15, 0.2) is 0 Å². The molecule has 0 radical (unpaired) electrons. The van der Waals surface area contributed by atoms with E-state index in [1.165, 1.54) is 13.0 Å². The summed E-state index contributed by atoms with van der Waals surface area (Å²) < 4.78 is 5.15. The molecule has 110 valence electrons. The number of nitrogens with one attached hydrogen (secondary N) is 2. The summed E-state index contributed by atoms with van der Waals surface area (Å²) in [6.45, 7) is 3.71. The number of carboxylic acids is 1. The predicted molar refractivity (Wildman–Crippen MR) is 78.5 cm³/mol. The van der Waals surface area contributed by atoms with Crippen molar-refractivity contribution in [3.63, 3.8) is 0 Å². The minimum atomic E-state index is -1.09. The van der Waals surface area contributed by atoms with E-state index < -0.39 is 5.97 Å². The van der Waals surface area contributed by atoms with Crippen molar-refractivity contribution < 1.29 is 19.1 Å². The highest BCUT2D eigenvalue weighted by atomic mass is 16.4. The number of carboxylic acid groups (broad SMARTS) is 1. The van der Waals surface area contributed by atoms with Gasteiger partial charge in [0.25, 0.3) is 0 Å². The molecule has 0 aliphatic carbocycles. The molecule has 0 saturated heterocycles. The molecule has 2 aromatic rings. The van der Waals surface area contributed by atoms with E-state index in [1.807, 2.05) is 25.1 Å². The average molecular weight is 288 g/mol. The van der Waals surface area contributed by atoms with Crippen molar-refractivity contribution in [1.82, 2.24) is 0 Å². The van der Waals surface area contributed by atoms with Gasteiger partial charge >= 0.3 is 5.97 Å². The highest BCUT2D eigenvalue weighted by Crippen LogP contribution is 2.21. The van der Waals surface area contributed by atoms with Crippen molar-refractivity contribution in [2.45, 2.75) is 20.4 Å². The van der Waals surface area contributed by atoms with Gasteiger partial charge in [-0.25, -0.2) is 4.79 Å². The molecule has 1 heterocycles. The summed E-state index contributed by atoms with van der Waals surface area (Å²) in [5, 5.41) is 14.6. The van der Waals surface area contributed by atoms with Crippen LogP contribution in [-0.2, 0) is 11.3 Å². The summed E-state index contributed by atoms with van der Waals surface area (Å²) in [7, 11) is 0. The van der Waals surface area contributed by atoms with Crippen molar-refractivity contribution in [2.24, 2.45) is 0 Å². The van der Waals surface area contributed by atoms with Crippen molar-refractivity contribution in [3.8, 4) is 0 Å².